The van der Waals surface area contributed by atoms with Gasteiger partial charge in [0.1, 0.15) is 6.79 Å². The van der Waals surface area contributed by atoms with Gasteiger partial charge in [-0.25, -0.2) is 4.79 Å². The Morgan fingerprint density at radius 3 is 2.22 bits per heavy atom. The van der Waals surface area contributed by atoms with Crippen molar-refractivity contribution in [3.8, 4) is 0 Å². The maximum absolute atomic E-state index is 11.3. The Bertz CT molecular complexity index is 458. The van der Waals surface area contributed by atoms with Gasteiger partial charge in [-0.2, -0.15) is 0 Å². The zero-order valence-electron chi connectivity index (χ0n) is 18.6. The van der Waals surface area contributed by atoms with Crippen molar-refractivity contribution in [2.75, 3.05) is 21.0 Å². The lowest BCUT2D eigenvalue weighted by Crippen LogP contribution is -2.45. The molecule has 0 amide bonds. The summed E-state index contributed by atoms with van der Waals surface area (Å²) in [6.45, 7) is 15.1. The van der Waals surface area contributed by atoms with Crippen molar-refractivity contribution in [1.29, 1.82) is 0 Å². The Morgan fingerprint density at radius 2 is 1.74 bits per heavy atom. The smallest absolute Gasteiger partial charge is 0.330 e. The fourth-order valence-electron chi connectivity index (χ4n) is 2.32. The number of carbonyl (C=O) groups is 1. The molecular weight excluding hydrogens is 364 g/mol. The van der Waals surface area contributed by atoms with Gasteiger partial charge in [-0.05, 0) is 37.9 Å². The molecule has 1 N–H and O–H groups in total. The standard InChI is InChI=1S/C20H40O6Si/c1-15(10-11-19(22)24-7)18(21)13-17(12-16(2)25-14-23-6)26-27(8,9)20(3,4)5/h10-11,15-18,21H,12-14H2,1-9H3/b11-10+/t15-,16-,17+,18+/m1/s1. The molecule has 0 aromatic rings. The van der Waals surface area contributed by atoms with Crippen LogP contribution in [-0.4, -0.2) is 58.7 Å². The lowest BCUT2D eigenvalue weighted by molar-refractivity contribution is -0.134. The van der Waals surface area contributed by atoms with E-state index in [0.717, 1.165) is 0 Å². The first kappa shape index (κ1) is 26.3. The summed E-state index contributed by atoms with van der Waals surface area (Å²) < 4.78 is 21.8. The molecule has 0 fully saturated rings. The number of esters is 1. The van der Waals surface area contributed by atoms with Gasteiger partial charge in [0.25, 0.3) is 0 Å². The van der Waals surface area contributed by atoms with Gasteiger partial charge in [0.15, 0.2) is 8.32 Å². The Balaban J connectivity index is 5.11. The average molecular weight is 405 g/mol. The van der Waals surface area contributed by atoms with Gasteiger partial charge in [-0.15, -0.1) is 0 Å². The number of methoxy groups -OCH3 is 2. The first-order valence-electron chi connectivity index (χ1n) is 9.56. The summed E-state index contributed by atoms with van der Waals surface area (Å²) in [4.78, 5) is 11.3. The molecule has 0 aliphatic heterocycles. The third-order valence-corrected chi connectivity index (χ3v) is 9.72. The van der Waals surface area contributed by atoms with E-state index in [1.807, 2.05) is 13.8 Å². The molecule has 6 nitrogen and oxygen atoms in total. The van der Waals surface area contributed by atoms with Crippen LogP contribution in [0, 0.1) is 5.92 Å². The van der Waals surface area contributed by atoms with E-state index >= 15 is 0 Å². The van der Waals surface area contributed by atoms with Crippen molar-refractivity contribution in [3.05, 3.63) is 12.2 Å². The van der Waals surface area contributed by atoms with Crippen LogP contribution >= 0.6 is 0 Å². The van der Waals surface area contributed by atoms with Crippen molar-refractivity contribution in [2.24, 2.45) is 5.92 Å². The van der Waals surface area contributed by atoms with Gasteiger partial charge in [-0.1, -0.05) is 33.8 Å². The van der Waals surface area contributed by atoms with E-state index < -0.39 is 20.4 Å². The molecule has 0 saturated carbocycles. The second-order valence-corrected chi connectivity index (χ2v) is 13.4. The van der Waals surface area contributed by atoms with Crippen LogP contribution in [0.4, 0.5) is 0 Å². The summed E-state index contributed by atoms with van der Waals surface area (Å²) in [7, 11) is 0.924. The fourth-order valence-corrected chi connectivity index (χ4v) is 3.70. The predicted octanol–water partition coefficient (Wildman–Crippen LogP) is 3.89. The highest BCUT2D eigenvalue weighted by Crippen LogP contribution is 2.38. The minimum Gasteiger partial charge on any atom is -0.466 e. The van der Waals surface area contributed by atoms with E-state index in [1.165, 1.54) is 13.2 Å². The quantitative estimate of drug-likeness (QED) is 0.230. The van der Waals surface area contributed by atoms with E-state index in [1.54, 1.807) is 13.2 Å². The van der Waals surface area contributed by atoms with Crippen molar-refractivity contribution in [3.63, 3.8) is 0 Å². The first-order valence-corrected chi connectivity index (χ1v) is 12.5. The number of carbonyl (C=O) groups excluding carboxylic acids is 1. The zero-order valence-corrected chi connectivity index (χ0v) is 19.6. The second kappa shape index (κ2) is 12.0. The average Bonchev–Trinajstić information content (AvgIpc) is 2.55. The third-order valence-electron chi connectivity index (χ3n) is 5.18. The molecular formula is C20H40O6Si. The Hall–Kier alpha value is -0.733. The molecule has 0 aromatic carbocycles. The number of aliphatic hydroxyl groups excluding tert-OH is 1. The molecule has 0 unspecified atom stereocenters. The molecule has 7 heteroatoms. The fraction of sp³-hybridized carbons (Fsp3) is 0.850. The van der Waals surface area contributed by atoms with Crippen LogP contribution in [0.3, 0.4) is 0 Å². The van der Waals surface area contributed by atoms with E-state index in [2.05, 4.69) is 38.6 Å². The molecule has 4 atom stereocenters. The number of hydrogen-bond acceptors (Lipinski definition) is 6. The number of aliphatic hydroxyl groups is 1. The Kier molecular flexibility index (Phi) is 11.6. The van der Waals surface area contributed by atoms with Gasteiger partial charge in [0, 0.05) is 25.2 Å². The maximum Gasteiger partial charge on any atom is 0.330 e. The van der Waals surface area contributed by atoms with Gasteiger partial charge in [0.2, 0.25) is 0 Å². The highest BCUT2D eigenvalue weighted by atomic mass is 28.4. The molecule has 0 rings (SSSR count). The van der Waals surface area contributed by atoms with Gasteiger partial charge in [-0.3, -0.25) is 0 Å². The van der Waals surface area contributed by atoms with Gasteiger partial charge < -0.3 is 23.7 Å². The second-order valence-electron chi connectivity index (χ2n) is 8.66. The highest BCUT2D eigenvalue weighted by molar-refractivity contribution is 6.74. The molecule has 0 saturated heterocycles. The van der Waals surface area contributed by atoms with Crippen LogP contribution in [0.2, 0.25) is 18.1 Å². The molecule has 0 radical (unpaired) electrons. The minimum absolute atomic E-state index is 0.0483. The third kappa shape index (κ3) is 10.4. The van der Waals surface area contributed by atoms with Crippen molar-refractivity contribution < 1.29 is 28.5 Å². The summed E-state index contributed by atoms with van der Waals surface area (Å²) >= 11 is 0. The maximum atomic E-state index is 11.3. The molecule has 0 bridgehead atoms. The van der Waals surface area contributed by atoms with E-state index in [4.69, 9.17) is 13.9 Å². The monoisotopic (exact) mass is 404 g/mol. The van der Waals surface area contributed by atoms with Gasteiger partial charge in [0.05, 0.1) is 19.3 Å². The molecule has 0 spiro atoms. The van der Waals surface area contributed by atoms with Crippen molar-refractivity contribution in [1.82, 2.24) is 0 Å². The Morgan fingerprint density at radius 1 is 1.15 bits per heavy atom. The van der Waals surface area contributed by atoms with Crippen molar-refractivity contribution in [2.45, 2.75) is 83.9 Å². The summed E-state index contributed by atoms with van der Waals surface area (Å²) in [5, 5.41) is 10.7. The van der Waals surface area contributed by atoms with Crippen LogP contribution in [0.15, 0.2) is 12.2 Å². The summed E-state index contributed by atoms with van der Waals surface area (Å²) in [5.41, 5.74) is 0. The van der Waals surface area contributed by atoms with E-state index in [-0.39, 0.29) is 30.0 Å². The van der Waals surface area contributed by atoms with Crippen molar-refractivity contribution >= 4 is 14.3 Å². The lowest BCUT2D eigenvalue weighted by atomic mass is 9.96. The topological polar surface area (TPSA) is 74.2 Å². The lowest BCUT2D eigenvalue weighted by Gasteiger charge is -2.40. The molecule has 160 valence electrons. The minimum atomic E-state index is -2.00. The highest BCUT2D eigenvalue weighted by Gasteiger charge is 2.40. The molecule has 0 heterocycles. The van der Waals surface area contributed by atoms with E-state index in [9.17, 15) is 9.90 Å². The number of rotatable bonds is 12. The summed E-state index contributed by atoms with van der Waals surface area (Å²) in [6, 6.07) is 0. The molecule has 0 aliphatic carbocycles. The SMILES string of the molecule is COCO[C@H](C)C[C@@H](C[C@H](O)[C@H](C)/C=C/C(=O)OC)O[Si](C)(C)C(C)(C)C. The van der Waals surface area contributed by atoms with Crippen LogP contribution < -0.4 is 0 Å². The summed E-state index contributed by atoms with van der Waals surface area (Å²) in [5.74, 6) is -0.616. The number of ether oxygens (including phenoxy) is 3. The molecule has 0 aliphatic rings. The molecule has 0 aromatic heterocycles. The Labute approximate surface area is 166 Å². The van der Waals surface area contributed by atoms with Gasteiger partial charge >= 0.3 is 5.97 Å². The van der Waals surface area contributed by atoms with E-state index in [0.29, 0.717) is 12.8 Å². The number of hydrogen-bond donors (Lipinski definition) is 1. The van der Waals surface area contributed by atoms with Crippen LogP contribution in [0.25, 0.3) is 0 Å². The van der Waals surface area contributed by atoms with Crippen LogP contribution in [0.1, 0.15) is 47.5 Å². The van der Waals surface area contributed by atoms with Crippen LogP contribution in [0.5, 0.6) is 0 Å². The largest absolute Gasteiger partial charge is 0.466 e. The first-order chi connectivity index (χ1) is 12.3. The predicted molar refractivity (Wildman–Crippen MR) is 110 cm³/mol. The molecule has 27 heavy (non-hydrogen) atoms. The summed E-state index contributed by atoms with van der Waals surface area (Å²) in [6.07, 6.45) is 3.34. The zero-order chi connectivity index (χ0) is 21.3. The van der Waals surface area contributed by atoms with Crippen LogP contribution in [-0.2, 0) is 23.4 Å². The normalized spacial score (nSPS) is 17.6.